The van der Waals surface area contributed by atoms with Gasteiger partial charge in [-0.3, -0.25) is 15.1 Å². The summed E-state index contributed by atoms with van der Waals surface area (Å²) in [6.07, 6.45) is 2.72. The predicted molar refractivity (Wildman–Crippen MR) is 71.7 cm³/mol. The summed E-state index contributed by atoms with van der Waals surface area (Å²) in [5.74, 6) is 6.27. The summed E-state index contributed by atoms with van der Waals surface area (Å²) in [4.78, 5) is 9.86. The number of amidine groups is 1. The smallest absolute Gasteiger partial charge is 0.264 e. The maximum Gasteiger partial charge on any atom is 0.286 e. The lowest BCUT2D eigenvalue weighted by Gasteiger charge is -2.34. The molecule has 0 unspecified atom stereocenters. The van der Waals surface area contributed by atoms with Crippen LogP contribution in [0.3, 0.4) is 0 Å². The molecule has 2 N–H and O–H groups in total. The minimum Gasteiger partial charge on any atom is -0.264 e. The number of benzene rings is 1. The summed E-state index contributed by atoms with van der Waals surface area (Å²) in [5.41, 5.74) is -0.0736. The van der Waals surface area contributed by atoms with E-state index in [1.54, 1.807) is 0 Å². The van der Waals surface area contributed by atoms with E-state index >= 15 is 0 Å². The molecule has 1 aromatic carbocycles. The highest BCUT2D eigenvalue weighted by molar-refractivity contribution is 7.90. The van der Waals surface area contributed by atoms with Crippen LogP contribution in [0.25, 0.3) is 0 Å². The molecule has 1 aromatic rings. The third kappa shape index (κ3) is 1.86. The Morgan fingerprint density at radius 1 is 1.40 bits per heavy atom. The van der Waals surface area contributed by atoms with Gasteiger partial charge in [0.1, 0.15) is 10.7 Å². The van der Waals surface area contributed by atoms with Gasteiger partial charge in [-0.05, 0) is 18.9 Å². The van der Waals surface area contributed by atoms with Gasteiger partial charge in [-0.1, -0.05) is 6.42 Å². The van der Waals surface area contributed by atoms with E-state index in [0.717, 1.165) is 25.3 Å². The van der Waals surface area contributed by atoms with E-state index in [1.807, 2.05) is 0 Å². The van der Waals surface area contributed by atoms with E-state index in [4.69, 9.17) is 5.84 Å². The number of anilines is 1. The minimum atomic E-state index is -3.94. The molecule has 2 aliphatic rings. The van der Waals surface area contributed by atoms with Gasteiger partial charge < -0.3 is 0 Å². The van der Waals surface area contributed by atoms with Crippen LogP contribution >= 0.6 is 0 Å². The molecule has 0 spiro atoms. The van der Waals surface area contributed by atoms with E-state index in [1.165, 1.54) is 17.1 Å². The summed E-state index contributed by atoms with van der Waals surface area (Å²) < 4.78 is 28.0. The van der Waals surface area contributed by atoms with Gasteiger partial charge in [-0.25, -0.2) is 5.84 Å². The molecule has 1 fully saturated rings. The van der Waals surface area contributed by atoms with Crippen molar-refractivity contribution < 1.29 is 13.3 Å². The van der Waals surface area contributed by atoms with Gasteiger partial charge in [0.25, 0.3) is 15.7 Å². The number of fused-ring (bicyclic) bond motifs is 1. The molecule has 1 saturated carbocycles. The number of sulfonamides is 1. The van der Waals surface area contributed by atoms with Gasteiger partial charge >= 0.3 is 0 Å². The van der Waals surface area contributed by atoms with Gasteiger partial charge in [-0.15, -0.1) is 4.40 Å². The zero-order valence-electron chi connectivity index (χ0n) is 10.4. The molecule has 0 radical (unpaired) electrons. The molecular formula is C11H12N4O4S. The van der Waals surface area contributed by atoms with Crippen molar-refractivity contribution in [3.63, 3.8) is 0 Å². The second-order valence-electron chi connectivity index (χ2n) is 4.83. The van der Waals surface area contributed by atoms with Crippen LogP contribution in [0.5, 0.6) is 0 Å². The number of rotatable bonds is 2. The first-order valence-corrected chi connectivity index (χ1v) is 7.52. The molecule has 0 atom stereocenters. The van der Waals surface area contributed by atoms with Crippen molar-refractivity contribution in [3.8, 4) is 0 Å². The average molecular weight is 296 g/mol. The quantitative estimate of drug-likeness (QED) is 0.497. The first-order valence-electron chi connectivity index (χ1n) is 6.08. The Morgan fingerprint density at radius 2 is 2.10 bits per heavy atom. The second-order valence-corrected chi connectivity index (χ2v) is 6.40. The molecule has 1 aliphatic carbocycles. The van der Waals surface area contributed by atoms with Gasteiger partial charge in [0, 0.05) is 18.1 Å². The highest BCUT2D eigenvalue weighted by Crippen LogP contribution is 2.37. The predicted octanol–water partition coefficient (Wildman–Crippen LogP) is 1.18. The summed E-state index contributed by atoms with van der Waals surface area (Å²) in [6.45, 7) is 0. The van der Waals surface area contributed by atoms with Crippen LogP contribution in [0.15, 0.2) is 27.5 Å². The highest BCUT2D eigenvalue weighted by Gasteiger charge is 2.36. The molecule has 1 heterocycles. The van der Waals surface area contributed by atoms with Crippen LogP contribution in [-0.2, 0) is 10.0 Å². The van der Waals surface area contributed by atoms with Crippen LogP contribution in [0, 0.1) is 16.0 Å². The first-order chi connectivity index (χ1) is 9.40. The van der Waals surface area contributed by atoms with Crippen molar-refractivity contribution in [2.75, 3.05) is 5.01 Å². The summed E-state index contributed by atoms with van der Waals surface area (Å²) in [7, 11) is -3.94. The lowest BCUT2D eigenvalue weighted by Crippen LogP contribution is -2.46. The Morgan fingerprint density at radius 3 is 2.65 bits per heavy atom. The second kappa shape index (κ2) is 4.25. The fourth-order valence-electron chi connectivity index (χ4n) is 2.30. The Balaban J connectivity index is 2.14. The van der Waals surface area contributed by atoms with E-state index in [9.17, 15) is 18.5 Å². The van der Waals surface area contributed by atoms with Crippen LogP contribution < -0.4 is 10.9 Å². The van der Waals surface area contributed by atoms with Crippen molar-refractivity contribution in [3.05, 3.63) is 28.3 Å². The number of nitrogens with two attached hydrogens (primary N) is 1. The molecule has 106 valence electrons. The van der Waals surface area contributed by atoms with E-state index in [-0.39, 0.29) is 22.2 Å². The van der Waals surface area contributed by atoms with Crippen LogP contribution in [-0.4, -0.2) is 19.2 Å². The fourth-order valence-corrected chi connectivity index (χ4v) is 3.58. The van der Waals surface area contributed by atoms with E-state index < -0.39 is 14.9 Å². The minimum absolute atomic E-state index is 0.0399. The monoisotopic (exact) mass is 296 g/mol. The number of nitro benzene ring substituents is 1. The zero-order chi connectivity index (χ0) is 14.5. The topological polar surface area (TPSA) is 119 Å². The van der Waals surface area contributed by atoms with Gasteiger partial charge in [0.05, 0.1) is 10.6 Å². The Kier molecular flexibility index (Phi) is 2.76. The third-order valence-corrected chi connectivity index (χ3v) is 4.93. The Labute approximate surface area is 115 Å². The molecule has 0 amide bonds. The zero-order valence-corrected chi connectivity index (χ0v) is 11.2. The van der Waals surface area contributed by atoms with E-state index in [0.29, 0.717) is 5.84 Å². The van der Waals surface area contributed by atoms with Crippen molar-refractivity contribution in [1.82, 2.24) is 0 Å². The van der Waals surface area contributed by atoms with Crippen molar-refractivity contribution in [1.29, 1.82) is 0 Å². The molecule has 20 heavy (non-hydrogen) atoms. The van der Waals surface area contributed by atoms with Crippen molar-refractivity contribution in [2.24, 2.45) is 16.2 Å². The lowest BCUT2D eigenvalue weighted by atomic mass is 9.84. The molecule has 0 saturated heterocycles. The van der Waals surface area contributed by atoms with E-state index in [2.05, 4.69) is 4.40 Å². The molecule has 1 aliphatic heterocycles. The summed E-state index contributed by atoms with van der Waals surface area (Å²) >= 11 is 0. The van der Waals surface area contributed by atoms with Crippen LogP contribution in [0.4, 0.5) is 11.4 Å². The maximum absolute atomic E-state index is 12.2. The van der Waals surface area contributed by atoms with Crippen LogP contribution in [0.2, 0.25) is 0 Å². The summed E-state index contributed by atoms with van der Waals surface area (Å²) in [6, 6.07) is 3.57. The van der Waals surface area contributed by atoms with Crippen molar-refractivity contribution in [2.45, 2.75) is 24.2 Å². The number of nitro groups is 1. The molecule has 0 bridgehead atoms. The van der Waals surface area contributed by atoms with Gasteiger partial charge in [0.15, 0.2) is 0 Å². The SMILES string of the molecule is NN1C(C2CCC2)=NS(=O)(=O)c2cc([N+](=O)[O-])ccc21. The number of hydrogen-bond donors (Lipinski definition) is 1. The standard InChI is InChI=1S/C11H12N4O4S/c12-14-9-5-4-8(15(16)17)6-10(9)20(18,19)13-11(14)7-2-1-3-7/h4-7H,1-3,12H2. The maximum atomic E-state index is 12.2. The first kappa shape index (κ1) is 13.0. The highest BCUT2D eigenvalue weighted by atomic mass is 32.2. The Bertz CT molecular complexity index is 724. The molecule has 0 aromatic heterocycles. The number of nitrogens with zero attached hydrogens (tertiary/aromatic N) is 3. The molecule has 9 heteroatoms. The van der Waals surface area contributed by atoms with Gasteiger partial charge in [-0.2, -0.15) is 8.42 Å². The summed E-state index contributed by atoms with van der Waals surface area (Å²) in [5, 5.41) is 12.0. The number of hydrogen-bond acceptors (Lipinski definition) is 6. The van der Waals surface area contributed by atoms with Gasteiger partial charge in [0.2, 0.25) is 0 Å². The average Bonchev–Trinajstić information content (AvgIpc) is 2.32. The molecule has 3 rings (SSSR count). The normalized spacial score (nSPS) is 20.9. The van der Waals surface area contributed by atoms with Crippen molar-refractivity contribution >= 4 is 27.2 Å². The number of hydrazine groups is 1. The molecule has 8 nitrogen and oxygen atoms in total. The number of non-ortho nitro benzene ring substituents is 1. The molecular weight excluding hydrogens is 284 g/mol. The third-order valence-electron chi connectivity index (χ3n) is 3.62. The largest absolute Gasteiger partial charge is 0.286 e. The van der Waals surface area contributed by atoms with Crippen LogP contribution in [0.1, 0.15) is 19.3 Å². The fraction of sp³-hybridized carbons (Fsp3) is 0.364. The Hall–Kier alpha value is -2.00. The lowest BCUT2D eigenvalue weighted by molar-refractivity contribution is -0.385.